The fourth-order valence-corrected chi connectivity index (χ4v) is 4.64. The SMILES string of the molecule is CCCCC(CC(N)n1cnc2cnc3ccccc3c21)CC1(F)C=CC(C(N)=O)=CC1. The summed E-state index contributed by atoms with van der Waals surface area (Å²) in [6.45, 7) is 2.13. The summed E-state index contributed by atoms with van der Waals surface area (Å²) in [7, 11) is 0. The first kappa shape index (κ1) is 22.1. The summed E-state index contributed by atoms with van der Waals surface area (Å²) in [5.74, 6) is -0.435. The number of pyridine rings is 1. The van der Waals surface area contributed by atoms with Crippen LogP contribution in [0.3, 0.4) is 0 Å². The zero-order chi connectivity index (χ0) is 22.7. The van der Waals surface area contributed by atoms with Gasteiger partial charge in [-0.1, -0.05) is 56.5 Å². The van der Waals surface area contributed by atoms with Crippen LogP contribution >= 0.6 is 0 Å². The Morgan fingerprint density at radius 1 is 1.28 bits per heavy atom. The molecule has 1 aromatic carbocycles. The van der Waals surface area contributed by atoms with Crippen molar-refractivity contribution in [2.75, 3.05) is 0 Å². The summed E-state index contributed by atoms with van der Waals surface area (Å²) < 4.78 is 17.6. The van der Waals surface area contributed by atoms with Crippen LogP contribution in [-0.2, 0) is 4.79 Å². The number of benzene rings is 1. The van der Waals surface area contributed by atoms with E-state index in [0.29, 0.717) is 18.4 Å². The number of nitrogens with two attached hydrogens (primary N) is 2. The van der Waals surface area contributed by atoms with Crippen LogP contribution in [0.4, 0.5) is 4.39 Å². The molecular weight excluding hydrogens is 405 g/mol. The first-order valence-electron chi connectivity index (χ1n) is 11.2. The molecule has 4 rings (SSSR count). The molecule has 0 saturated carbocycles. The lowest BCUT2D eigenvalue weighted by atomic mass is 9.81. The number of hydrogen-bond donors (Lipinski definition) is 2. The molecule has 0 spiro atoms. The van der Waals surface area contributed by atoms with Crippen LogP contribution in [0.5, 0.6) is 0 Å². The molecule has 2 aromatic heterocycles. The van der Waals surface area contributed by atoms with Crippen molar-refractivity contribution in [3.8, 4) is 0 Å². The van der Waals surface area contributed by atoms with Crippen LogP contribution in [0.1, 0.15) is 51.6 Å². The van der Waals surface area contributed by atoms with E-state index < -0.39 is 11.6 Å². The highest BCUT2D eigenvalue weighted by atomic mass is 19.1. The molecule has 0 saturated heterocycles. The number of imidazole rings is 1. The molecule has 3 atom stereocenters. The third-order valence-corrected chi connectivity index (χ3v) is 6.34. The van der Waals surface area contributed by atoms with Gasteiger partial charge in [0.2, 0.25) is 5.91 Å². The largest absolute Gasteiger partial charge is 0.366 e. The summed E-state index contributed by atoms with van der Waals surface area (Å²) in [5.41, 5.74) is 13.5. The maximum atomic E-state index is 15.6. The molecule has 7 heteroatoms. The van der Waals surface area contributed by atoms with Crippen LogP contribution < -0.4 is 11.5 Å². The number of nitrogens with zero attached hydrogens (tertiary/aromatic N) is 3. The number of carbonyl (C=O) groups excluding carboxylic acids is 1. The Bertz CT molecular complexity index is 1180. The molecule has 3 aromatic rings. The quantitative estimate of drug-likeness (QED) is 0.508. The minimum Gasteiger partial charge on any atom is -0.366 e. The Labute approximate surface area is 187 Å². The van der Waals surface area contributed by atoms with Crippen LogP contribution in [0, 0.1) is 5.92 Å². The highest BCUT2D eigenvalue weighted by molar-refractivity contribution is 6.02. The summed E-state index contributed by atoms with van der Waals surface area (Å²) in [6.07, 6.45) is 11.9. The van der Waals surface area contributed by atoms with Crippen molar-refractivity contribution in [1.29, 1.82) is 0 Å². The molecule has 168 valence electrons. The maximum Gasteiger partial charge on any atom is 0.248 e. The molecule has 6 nitrogen and oxygen atoms in total. The molecule has 0 bridgehead atoms. The predicted molar refractivity (Wildman–Crippen MR) is 125 cm³/mol. The monoisotopic (exact) mass is 435 g/mol. The molecule has 4 N–H and O–H groups in total. The summed E-state index contributed by atoms with van der Waals surface area (Å²) in [6, 6.07) is 7.93. The first-order valence-corrected chi connectivity index (χ1v) is 11.2. The molecule has 0 radical (unpaired) electrons. The van der Waals surface area contributed by atoms with E-state index in [1.165, 1.54) is 12.2 Å². The minimum absolute atomic E-state index is 0.0914. The van der Waals surface area contributed by atoms with E-state index in [2.05, 4.69) is 16.9 Å². The van der Waals surface area contributed by atoms with Gasteiger partial charge in [0.05, 0.1) is 29.7 Å². The van der Waals surface area contributed by atoms with E-state index in [1.807, 2.05) is 28.8 Å². The molecule has 0 fully saturated rings. The molecule has 0 aliphatic heterocycles. The van der Waals surface area contributed by atoms with Crippen molar-refractivity contribution in [3.63, 3.8) is 0 Å². The van der Waals surface area contributed by atoms with Crippen LogP contribution in [0.15, 0.2) is 60.6 Å². The first-order chi connectivity index (χ1) is 15.4. The Morgan fingerprint density at radius 2 is 2.09 bits per heavy atom. The fourth-order valence-electron chi connectivity index (χ4n) is 4.64. The van der Waals surface area contributed by atoms with Gasteiger partial charge in [0.15, 0.2) is 0 Å². The van der Waals surface area contributed by atoms with Gasteiger partial charge >= 0.3 is 0 Å². The fraction of sp³-hybridized carbons (Fsp3) is 0.400. The minimum atomic E-state index is -1.50. The lowest BCUT2D eigenvalue weighted by molar-refractivity contribution is -0.114. The Balaban J connectivity index is 1.56. The number of aromatic nitrogens is 3. The summed E-state index contributed by atoms with van der Waals surface area (Å²) >= 11 is 0. The van der Waals surface area contributed by atoms with Crippen molar-refractivity contribution in [2.45, 2.75) is 57.3 Å². The van der Waals surface area contributed by atoms with Gasteiger partial charge in [-0.15, -0.1) is 0 Å². The number of halogens is 1. The standard InChI is InChI=1S/C25H30FN5O/c1-2-3-6-17(14-25(26)11-9-18(10-12-25)24(28)32)13-22(27)31-16-30-21-15-29-20-8-5-4-7-19(20)23(21)31/h4-5,7-11,15-17,22H,2-3,6,12-14,27H2,1H3,(H2,28,32). The molecule has 1 aliphatic carbocycles. The number of hydrogen-bond acceptors (Lipinski definition) is 4. The van der Waals surface area contributed by atoms with Crippen LogP contribution in [0.2, 0.25) is 0 Å². The molecule has 2 heterocycles. The van der Waals surface area contributed by atoms with E-state index in [0.717, 1.165) is 41.2 Å². The second-order valence-corrected chi connectivity index (χ2v) is 8.77. The van der Waals surface area contributed by atoms with E-state index in [1.54, 1.807) is 18.6 Å². The van der Waals surface area contributed by atoms with Crippen molar-refractivity contribution in [1.82, 2.24) is 14.5 Å². The molecule has 1 amide bonds. The number of rotatable bonds is 9. The van der Waals surface area contributed by atoms with Crippen LogP contribution in [0.25, 0.3) is 21.9 Å². The van der Waals surface area contributed by atoms with E-state index in [-0.39, 0.29) is 18.5 Å². The van der Waals surface area contributed by atoms with Gasteiger partial charge < -0.3 is 16.0 Å². The second-order valence-electron chi connectivity index (χ2n) is 8.77. The second kappa shape index (κ2) is 9.20. The van der Waals surface area contributed by atoms with Gasteiger partial charge in [-0.05, 0) is 30.9 Å². The average Bonchev–Trinajstić information content (AvgIpc) is 3.22. The van der Waals surface area contributed by atoms with Gasteiger partial charge in [0.1, 0.15) is 11.2 Å². The number of fused-ring (bicyclic) bond motifs is 3. The van der Waals surface area contributed by atoms with E-state index in [4.69, 9.17) is 11.5 Å². The average molecular weight is 436 g/mol. The highest BCUT2D eigenvalue weighted by Gasteiger charge is 2.32. The number of para-hydroxylation sites is 1. The predicted octanol–water partition coefficient (Wildman–Crippen LogP) is 4.71. The van der Waals surface area contributed by atoms with E-state index >= 15 is 4.39 Å². The lowest BCUT2D eigenvalue weighted by Crippen LogP contribution is -2.29. The number of carbonyl (C=O) groups is 1. The number of allylic oxidation sites excluding steroid dienone is 2. The number of alkyl halides is 1. The molecular formula is C25H30FN5O. The Morgan fingerprint density at radius 3 is 2.81 bits per heavy atom. The molecule has 1 aliphatic rings. The van der Waals surface area contributed by atoms with Crippen molar-refractivity contribution in [2.24, 2.45) is 17.4 Å². The number of primary amides is 1. The maximum absolute atomic E-state index is 15.6. The van der Waals surface area contributed by atoms with Gasteiger partial charge in [-0.25, -0.2) is 9.37 Å². The third-order valence-electron chi connectivity index (χ3n) is 6.34. The Kier molecular flexibility index (Phi) is 6.37. The zero-order valence-corrected chi connectivity index (χ0v) is 18.4. The highest BCUT2D eigenvalue weighted by Crippen LogP contribution is 2.36. The normalized spacial score (nSPS) is 20.4. The van der Waals surface area contributed by atoms with Crippen molar-refractivity contribution < 1.29 is 9.18 Å². The van der Waals surface area contributed by atoms with E-state index in [9.17, 15) is 4.79 Å². The zero-order valence-electron chi connectivity index (χ0n) is 18.4. The van der Waals surface area contributed by atoms with Crippen molar-refractivity contribution >= 4 is 27.8 Å². The smallest absolute Gasteiger partial charge is 0.248 e. The van der Waals surface area contributed by atoms with Gasteiger partial charge in [0.25, 0.3) is 0 Å². The van der Waals surface area contributed by atoms with Gasteiger partial charge in [-0.3, -0.25) is 9.78 Å². The third kappa shape index (κ3) is 4.58. The van der Waals surface area contributed by atoms with Crippen molar-refractivity contribution in [3.05, 3.63) is 60.6 Å². The molecule has 3 unspecified atom stereocenters. The van der Waals surface area contributed by atoms with Crippen LogP contribution in [-0.4, -0.2) is 26.1 Å². The van der Waals surface area contributed by atoms with Gasteiger partial charge in [-0.2, -0.15) is 0 Å². The topological polar surface area (TPSA) is 99.8 Å². The number of unbranched alkanes of at least 4 members (excludes halogenated alkanes) is 1. The summed E-state index contributed by atoms with van der Waals surface area (Å²) in [5, 5.41) is 1.00. The summed E-state index contributed by atoms with van der Waals surface area (Å²) in [4.78, 5) is 20.3. The lowest BCUT2D eigenvalue weighted by Gasteiger charge is -2.30. The Hall–Kier alpha value is -3.06. The van der Waals surface area contributed by atoms with Gasteiger partial charge in [0, 0.05) is 17.4 Å². The number of amides is 1. The molecule has 32 heavy (non-hydrogen) atoms.